The Morgan fingerprint density at radius 2 is 1.77 bits per heavy atom. The van der Waals surface area contributed by atoms with Crippen LogP contribution < -0.4 is 5.90 Å². The number of nitrogens with two attached hydrogens (primary N) is 1. The smallest absolute Gasteiger partial charge is 0.342 e. The Bertz CT molecular complexity index is 529. The van der Waals surface area contributed by atoms with Crippen LogP contribution in [0.5, 0.6) is 0 Å². The molecule has 0 heterocycles. The van der Waals surface area contributed by atoms with Crippen molar-refractivity contribution in [2.24, 2.45) is 11.3 Å². The molecule has 6 heteroatoms. The average molecular weight is 307 g/mol. The normalized spacial score (nSPS) is 13.0. The van der Waals surface area contributed by atoms with Crippen molar-refractivity contribution in [2.45, 2.75) is 39.7 Å². The molecule has 22 heavy (non-hydrogen) atoms. The minimum Gasteiger partial charge on any atom is -0.460 e. The molecule has 0 radical (unpaired) electrons. The Kier molecular flexibility index (Phi) is 6.72. The maximum absolute atomic E-state index is 12.2. The summed E-state index contributed by atoms with van der Waals surface area (Å²) in [6.07, 6.45) is 0.621. The molecule has 0 aliphatic rings. The van der Waals surface area contributed by atoms with E-state index in [1.165, 1.54) is 6.92 Å². The number of carbonyl (C=O) groups is 3. The third-order valence-corrected chi connectivity index (χ3v) is 3.30. The van der Waals surface area contributed by atoms with Crippen LogP contribution in [0.15, 0.2) is 30.3 Å². The molecule has 0 aliphatic heterocycles. The average Bonchev–Trinajstić information content (AvgIpc) is 2.52. The highest BCUT2D eigenvalue weighted by molar-refractivity contribution is 6.03. The zero-order chi connectivity index (χ0) is 16.6. The lowest BCUT2D eigenvalue weighted by molar-refractivity contribution is -0.174. The summed E-state index contributed by atoms with van der Waals surface area (Å²) in [6, 6.07) is 9.02. The van der Waals surface area contributed by atoms with Crippen molar-refractivity contribution in [2.75, 3.05) is 0 Å². The number of hydrogen-bond donors (Lipinski definition) is 1. The largest absolute Gasteiger partial charge is 0.460 e. The lowest BCUT2D eigenvalue weighted by Gasteiger charge is -2.23. The van der Waals surface area contributed by atoms with Gasteiger partial charge in [0.05, 0.1) is 0 Å². The van der Waals surface area contributed by atoms with E-state index in [1.807, 2.05) is 13.0 Å². The monoisotopic (exact) mass is 307 g/mol. The molecule has 0 aliphatic carbocycles. The van der Waals surface area contributed by atoms with Crippen LogP contribution in [0.2, 0.25) is 0 Å². The minimum absolute atomic E-state index is 0.00901. The molecule has 2 N–H and O–H groups in total. The maximum Gasteiger partial charge on any atom is 0.342 e. The van der Waals surface area contributed by atoms with Crippen LogP contribution in [0.3, 0.4) is 0 Å². The number of benzene rings is 1. The fourth-order valence-electron chi connectivity index (χ4n) is 2.00. The van der Waals surface area contributed by atoms with E-state index < -0.39 is 17.4 Å². The van der Waals surface area contributed by atoms with E-state index in [9.17, 15) is 14.4 Å². The van der Waals surface area contributed by atoms with E-state index in [1.54, 1.807) is 24.3 Å². The van der Waals surface area contributed by atoms with Crippen LogP contribution in [0.25, 0.3) is 0 Å². The number of esters is 1. The van der Waals surface area contributed by atoms with Crippen LogP contribution in [-0.2, 0) is 30.6 Å². The molecule has 1 rings (SSSR count). The summed E-state index contributed by atoms with van der Waals surface area (Å²) in [4.78, 5) is 40.1. The van der Waals surface area contributed by atoms with Gasteiger partial charge in [-0.3, -0.25) is 9.59 Å². The molecule has 1 unspecified atom stereocenters. The highest BCUT2D eigenvalue weighted by Crippen LogP contribution is 2.27. The first-order valence-electron chi connectivity index (χ1n) is 7.08. The minimum atomic E-state index is -1.73. The Morgan fingerprint density at radius 3 is 2.32 bits per heavy atom. The molecule has 120 valence electrons. The first-order valence-corrected chi connectivity index (χ1v) is 7.08. The topological polar surface area (TPSA) is 95.7 Å². The van der Waals surface area contributed by atoms with Gasteiger partial charge in [0.2, 0.25) is 0 Å². The van der Waals surface area contributed by atoms with E-state index in [2.05, 4.69) is 4.84 Å². The van der Waals surface area contributed by atoms with Crippen molar-refractivity contribution in [3.63, 3.8) is 0 Å². The van der Waals surface area contributed by atoms with Gasteiger partial charge in [0.1, 0.15) is 12.4 Å². The number of ether oxygens (including phenoxy) is 1. The van der Waals surface area contributed by atoms with Crippen LogP contribution >= 0.6 is 0 Å². The molecular formula is C16H21NO5. The van der Waals surface area contributed by atoms with Crippen molar-refractivity contribution in [1.29, 1.82) is 0 Å². The number of Topliss-reactive ketones (excluding diaryl/α,β-unsaturated/α-hetero) is 1. The van der Waals surface area contributed by atoms with Crippen molar-refractivity contribution in [3.8, 4) is 0 Å². The fourth-order valence-corrected chi connectivity index (χ4v) is 2.00. The van der Waals surface area contributed by atoms with Crippen LogP contribution in [-0.4, -0.2) is 17.7 Å². The molecule has 0 spiro atoms. The number of ketones is 1. The van der Waals surface area contributed by atoms with Crippen LogP contribution in [0, 0.1) is 5.41 Å². The summed E-state index contributed by atoms with van der Waals surface area (Å²) in [5.41, 5.74) is -0.949. The Labute approximate surface area is 129 Å². The van der Waals surface area contributed by atoms with Crippen LogP contribution in [0.4, 0.5) is 0 Å². The quantitative estimate of drug-likeness (QED) is 0.448. The number of rotatable bonds is 8. The fraction of sp³-hybridized carbons (Fsp3) is 0.438. The molecule has 1 atom stereocenters. The second kappa shape index (κ2) is 8.29. The van der Waals surface area contributed by atoms with Gasteiger partial charge >= 0.3 is 11.9 Å². The van der Waals surface area contributed by atoms with E-state index in [4.69, 9.17) is 10.6 Å². The van der Waals surface area contributed by atoms with Gasteiger partial charge in [0.15, 0.2) is 5.41 Å². The van der Waals surface area contributed by atoms with Gasteiger partial charge in [-0.05, 0) is 18.9 Å². The van der Waals surface area contributed by atoms with Gasteiger partial charge in [-0.1, -0.05) is 37.3 Å². The zero-order valence-electron chi connectivity index (χ0n) is 12.8. The van der Waals surface area contributed by atoms with Gasteiger partial charge in [0, 0.05) is 12.8 Å². The zero-order valence-corrected chi connectivity index (χ0v) is 12.8. The van der Waals surface area contributed by atoms with Crippen molar-refractivity contribution >= 4 is 17.7 Å². The molecule has 1 aromatic carbocycles. The summed E-state index contributed by atoms with van der Waals surface area (Å²) < 4.78 is 5.15. The first-order chi connectivity index (χ1) is 10.4. The van der Waals surface area contributed by atoms with Gasteiger partial charge in [-0.25, -0.2) is 4.79 Å². The lowest BCUT2D eigenvalue weighted by atomic mass is 9.84. The molecule has 0 aromatic heterocycles. The lowest BCUT2D eigenvalue weighted by Crippen LogP contribution is -2.42. The Morgan fingerprint density at radius 1 is 1.14 bits per heavy atom. The molecular weight excluding hydrogens is 286 g/mol. The van der Waals surface area contributed by atoms with Gasteiger partial charge < -0.3 is 9.57 Å². The van der Waals surface area contributed by atoms with Gasteiger partial charge in [-0.2, -0.15) is 5.90 Å². The summed E-state index contributed by atoms with van der Waals surface area (Å²) in [7, 11) is 0. The number of hydrogen-bond acceptors (Lipinski definition) is 6. The molecule has 0 saturated heterocycles. The third kappa shape index (κ3) is 4.66. The predicted octanol–water partition coefficient (Wildman–Crippen LogP) is 1.91. The highest BCUT2D eigenvalue weighted by atomic mass is 16.7. The van der Waals surface area contributed by atoms with Crippen molar-refractivity contribution in [1.82, 2.24) is 0 Å². The van der Waals surface area contributed by atoms with Gasteiger partial charge in [0.25, 0.3) is 0 Å². The van der Waals surface area contributed by atoms with Crippen molar-refractivity contribution in [3.05, 3.63) is 35.9 Å². The SMILES string of the molecule is CCCC(=O)CC(C)(C(=O)ON)C(=O)OCc1ccccc1. The molecule has 0 bridgehead atoms. The summed E-state index contributed by atoms with van der Waals surface area (Å²) in [5.74, 6) is 2.87. The molecule has 0 saturated carbocycles. The number of carbonyl (C=O) groups excluding carboxylic acids is 3. The standard InChI is InChI=1S/C16H21NO5/c1-3-7-13(18)10-16(2,15(20)22-17)14(19)21-11-12-8-5-4-6-9-12/h4-6,8-9H,3,7,10-11,17H2,1-2H3. The van der Waals surface area contributed by atoms with Crippen molar-refractivity contribution < 1.29 is 24.0 Å². The summed E-state index contributed by atoms with van der Waals surface area (Å²) >= 11 is 0. The van der Waals surface area contributed by atoms with E-state index >= 15 is 0 Å². The summed E-state index contributed by atoms with van der Waals surface area (Å²) in [6.45, 7) is 3.16. The predicted molar refractivity (Wildman–Crippen MR) is 79.2 cm³/mol. The second-order valence-electron chi connectivity index (χ2n) is 5.26. The first kappa shape index (κ1) is 17.8. The highest BCUT2D eigenvalue weighted by Gasteiger charge is 2.46. The molecule has 0 amide bonds. The van der Waals surface area contributed by atoms with E-state index in [0.717, 1.165) is 5.56 Å². The van der Waals surface area contributed by atoms with Crippen LogP contribution in [0.1, 0.15) is 38.7 Å². The van der Waals surface area contributed by atoms with Gasteiger partial charge in [-0.15, -0.1) is 0 Å². The molecule has 1 aromatic rings. The Hall–Kier alpha value is -2.21. The maximum atomic E-state index is 12.2. The molecule has 0 fully saturated rings. The summed E-state index contributed by atoms with van der Waals surface area (Å²) in [5, 5.41) is 0. The second-order valence-corrected chi connectivity index (χ2v) is 5.26. The molecule has 6 nitrogen and oxygen atoms in total. The Balaban J connectivity index is 2.79. The van der Waals surface area contributed by atoms with E-state index in [-0.39, 0.29) is 25.2 Å². The van der Waals surface area contributed by atoms with E-state index in [0.29, 0.717) is 6.42 Å². The third-order valence-electron chi connectivity index (χ3n) is 3.30.